The molecule has 7 nitrogen and oxygen atoms in total. The van der Waals surface area contributed by atoms with Crippen LogP contribution >= 0.6 is 15.9 Å². The number of hydrogen-bond donors (Lipinski definition) is 1. The number of anilines is 1. The number of nitro benzene ring substituents is 1. The summed E-state index contributed by atoms with van der Waals surface area (Å²) in [7, 11) is 0. The van der Waals surface area contributed by atoms with Gasteiger partial charge in [0.2, 0.25) is 0 Å². The third-order valence-corrected chi connectivity index (χ3v) is 4.00. The van der Waals surface area contributed by atoms with Crippen LogP contribution < -0.4 is 5.32 Å². The monoisotopic (exact) mass is 400 g/mol. The lowest BCUT2D eigenvalue weighted by molar-refractivity contribution is -0.384. The fraction of sp³-hybridized carbons (Fsp3) is 0.0588. The number of halogens is 1. The fourth-order valence-electron chi connectivity index (χ4n) is 2.26. The van der Waals surface area contributed by atoms with E-state index in [0.717, 1.165) is 10.0 Å². The van der Waals surface area contributed by atoms with Gasteiger partial charge in [0.15, 0.2) is 0 Å². The Bertz CT molecular complexity index is 922. The van der Waals surface area contributed by atoms with Crippen molar-refractivity contribution < 1.29 is 9.72 Å². The minimum Gasteiger partial charge on any atom is -0.319 e. The van der Waals surface area contributed by atoms with E-state index >= 15 is 0 Å². The van der Waals surface area contributed by atoms with E-state index in [0.29, 0.717) is 12.2 Å². The average molecular weight is 401 g/mol. The molecule has 0 aliphatic carbocycles. The molecule has 1 aromatic heterocycles. The molecule has 3 aromatic rings. The molecule has 0 bridgehead atoms. The minimum atomic E-state index is -0.535. The summed E-state index contributed by atoms with van der Waals surface area (Å²) >= 11 is 3.39. The van der Waals surface area contributed by atoms with Crippen molar-refractivity contribution in [3.63, 3.8) is 0 Å². The molecule has 1 amide bonds. The van der Waals surface area contributed by atoms with Crippen molar-refractivity contribution in [2.75, 3.05) is 5.32 Å². The molecule has 25 heavy (non-hydrogen) atoms. The van der Waals surface area contributed by atoms with Crippen LogP contribution in [-0.2, 0) is 6.54 Å². The maximum absolute atomic E-state index is 12.2. The number of aromatic nitrogens is 2. The SMILES string of the molecule is O=C(Nc1cnn(Cc2ccc(Br)cc2)c1)c1cccc([N+](=O)[O-])c1. The van der Waals surface area contributed by atoms with Gasteiger partial charge in [0.1, 0.15) is 0 Å². The lowest BCUT2D eigenvalue weighted by Gasteiger charge is -2.03. The number of nitrogens with zero attached hydrogens (tertiary/aromatic N) is 3. The normalized spacial score (nSPS) is 10.4. The maximum Gasteiger partial charge on any atom is 0.270 e. The summed E-state index contributed by atoms with van der Waals surface area (Å²) in [5, 5.41) is 17.7. The molecule has 0 atom stereocenters. The van der Waals surface area contributed by atoms with Crippen LogP contribution in [0, 0.1) is 10.1 Å². The second kappa shape index (κ2) is 7.27. The number of benzene rings is 2. The molecule has 126 valence electrons. The first-order valence-electron chi connectivity index (χ1n) is 7.34. The van der Waals surface area contributed by atoms with Crippen molar-refractivity contribution in [3.8, 4) is 0 Å². The molecule has 0 saturated carbocycles. The maximum atomic E-state index is 12.2. The van der Waals surface area contributed by atoms with Crippen LogP contribution in [0.5, 0.6) is 0 Å². The second-order valence-electron chi connectivity index (χ2n) is 5.31. The molecule has 0 spiro atoms. The lowest BCUT2D eigenvalue weighted by Crippen LogP contribution is -2.11. The third kappa shape index (κ3) is 4.30. The number of rotatable bonds is 5. The van der Waals surface area contributed by atoms with Crippen LogP contribution in [0.4, 0.5) is 11.4 Å². The Morgan fingerprint density at radius 1 is 1.24 bits per heavy atom. The Balaban J connectivity index is 1.68. The Labute approximate surface area is 151 Å². The topological polar surface area (TPSA) is 90.1 Å². The van der Waals surface area contributed by atoms with Gasteiger partial charge in [-0.25, -0.2) is 0 Å². The first-order chi connectivity index (χ1) is 12.0. The third-order valence-electron chi connectivity index (χ3n) is 3.47. The van der Waals surface area contributed by atoms with Gasteiger partial charge in [-0.05, 0) is 23.8 Å². The summed E-state index contributed by atoms with van der Waals surface area (Å²) in [6.45, 7) is 0.569. The van der Waals surface area contributed by atoms with Gasteiger partial charge in [-0.1, -0.05) is 34.1 Å². The van der Waals surface area contributed by atoms with Gasteiger partial charge < -0.3 is 5.32 Å². The summed E-state index contributed by atoms with van der Waals surface area (Å²) in [5.74, 6) is -0.424. The van der Waals surface area contributed by atoms with E-state index in [1.165, 1.54) is 30.5 Å². The van der Waals surface area contributed by atoms with Crippen molar-refractivity contribution in [2.24, 2.45) is 0 Å². The van der Waals surface area contributed by atoms with Crippen LogP contribution in [0.2, 0.25) is 0 Å². The summed E-state index contributed by atoms with van der Waals surface area (Å²) in [6.07, 6.45) is 3.24. The summed E-state index contributed by atoms with van der Waals surface area (Å²) in [6, 6.07) is 13.4. The van der Waals surface area contributed by atoms with Crippen LogP contribution in [-0.4, -0.2) is 20.6 Å². The number of amides is 1. The minimum absolute atomic E-state index is 0.126. The van der Waals surface area contributed by atoms with E-state index in [4.69, 9.17) is 0 Å². The van der Waals surface area contributed by atoms with Gasteiger partial charge in [-0.2, -0.15) is 5.10 Å². The van der Waals surface area contributed by atoms with Gasteiger partial charge in [-0.3, -0.25) is 19.6 Å². The highest BCUT2D eigenvalue weighted by molar-refractivity contribution is 9.10. The zero-order valence-electron chi connectivity index (χ0n) is 12.9. The van der Waals surface area contributed by atoms with Crippen LogP contribution in [0.1, 0.15) is 15.9 Å². The van der Waals surface area contributed by atoms with Gasteiger partial charge in [0, 0.05) is 28.4 Å². The van der Waals surface area contributed by atoms with Crippen molar-refractivity contribution in [1.29, 1.82) is 0 Å². The second-order valence-corrected chi connectivity index (χ2v) is 6.23. The smallest absolute Gasteiger partial charge is 0.270 e. The Hall–Kier alpha value is -3.00. The quantitative estimate of drug-likeness (QED) is 0.519. The molecule has 2 aromatic carbocycles. The average Bonchev–Trinajstić information content (AvgIpc) is 3.04. The van der Waals surface area contributed by atoms with Crippen molar-refractivity contribution >= 4 is 33.2 Å². The number of hydrogen-bond acceptors (Lipinski definition) is 4. The zero-order valence-corrected chi connectivity index (χ0v) is 14.5. The number of carbonyl (C=O) groups excluding carboxylic acids is 1. The molecule has 0 unspecified atom stereocenters. The van der Waals surface area contributed by atoms with Gasteiger partial charge in [0.05, 0.1) is 23.4 Å². The van der Waals surface area contributed by atoms with Gasteiger partial charge in [-0.15, -0.1) is 0 Å². The van der Waals surface area contributed by atoms with Crippen molar-refractivity contribution in [1.82, 2.24) is 9.78 Å². The molecule has 8 heteroatoms. The summed E-state index contributed by atoms with van der Waals surface area (Å²) in [5.41, 5.74) is 1.69. The van der Waals surface area contributed by atoms with Crippen molar-refractivity contribution in [2.45, 2.75) is 6.54 Å². The van der Waals surface area contributed by atoms with Crippen molar-refractivity contribution in [3.05, 3.63) is 86.6 Å². The number of non-ortho nitro benzene ring substituents is 1. The Morgan fingerprint density at radius 2 is 2.00 bits per heavy atom. The van der Waals surface area contributed by atoms with Gasteiger partial charge in [0.25, 0.3) is 11.6 Å². The molecule has 0 fully saturated rings. The first-order valence-corrected chi connectivity index (χ1v) is 8.13. The van der Waals surface area contributed by atoms with E-state index in [-0.39, 0.29) is 11.3 Å². The fourth-order valence-corrected chi connectivity index (χ4v) is 2.52. The number of nitro groups is 1. The molecular weight excluding hydrogens is 388 g/mol. The molecule has 3 rings (SSSR count). The molecule has 0 aliphatic rings. The molecule has 0 saturated heterocycles. The molecule has 1 heterocycles. The van der Waals surface area contributed by atoms with Crippen LogP contribution in [0.15, 0.2) is 65.4 Å². The van der Waals surface area contributed by atoms with Gasteiger partial charge >= 0.3 is 0 Å². The number of nitrogens with one attached hydrogen (secondary N) is 1. The summed E-state index contributed by atoms with van der Waals surface area (Å²) < 4.78 is 2.70. The predicted octanol–water partition coefficient (Wildman–Crippen LogP) is 3.85. The van der Waals surface area contributed by atoms with E-state index < -0.39 is 10.8 Å². The van der Waals surface area contributed by atoms with E-state index in [2.05, 4.69) is 26.3 Å². The highest BCUT2D eigenvalue weighted by atomic mass is 79.9. The largest absolute Gasteiger partial charge is 0.319 e. The Morgan fingerprint density at radius 3 is 2.72 bits per heavy atom. The molecule has 0 aliphatic heterocycles. The molecule has 0 radical (unpaired) electrons. The van der Waals surface area contributed by atoms with E-state index in [9.17, 15) is 14.9 Å². The highest BCUT2D eigenvalue weighted by Crippen LogP contribution is 2.16. The molecule has 1 N–H and O–H groups in total. The predicted molar refractivity (Wildman–Crippen MR) is 96.5 cm³/mol. The highest BCUT2D eigenvalue weighted by Gasteiger charge is 2.12. The molecular formula is C17H13BrN4O3. The Kier molecular flexibility index (Phi) is 4.90. The first kappa shape index (κ1) is 16.8. The zero-order chi connectivity index (χ0) is 17.8. The van der Waals surface area contributed by atoms with Crippen LogP contribution in [0.3, 0.4) is 0 Å². The van der Waals surface area contributed by atoms with Crippen LogP contribution in [0.25, 0.3) is 0 Å². The lowest BCUT2D eigenvalue weighted by atomic mass is 10.2. The number of carbonyl (C=O) groups is 1. The summed E-state index contributed by atoms with van der Waals surface area (Å²) in [4.78, 5) is 22.5. The standard InChI is InChI=1S/C17H13BrN4O3/c18-14-6-4-12(5-7-14)10-21-11-15(9-19-21)20-17(23)13-2-1-3-16(8-13)22(24)25/h1-9,11H,10H2,(H,20,23). The van der Waals surface area contributed by atoms with E-state index in [1.54, 1.807) is 10.9 Å². The van der Waals surface area contributed by atoms with E-state index in [1.807, 2.05) is 24.3 Å².